The van der Waals surface area contributed by atoms with Crippen LogP contribution in [0.5, 0.6) is 0 Å². The second-order valence-corrected chi connectivity index (χ2v) is 11.7. The van der Waals surface area contributed by atoms with Gasteiger partial charge in [-0.3, -0.25) is 0 Å². The average molecular weight is 553 g/mol. The molecule has 0 heterocycles. The van der Waals surface area contributed by atoms with Crippen molar-refractivity contribution in [3.63, 3.8) is 0 Å². The first-order valence-corrected chi connectivity index (χ1v) is 15.5. The minimum absolute atomic E-state index is 0.816. The highest BCUT2D eigenvalue weighted by Gasteiger charge is 2.09. The highest BCUT2D eigenvalue weighted by Crippen LogP contribution is 2.24. The van der Waals surface area contributed by atoms with E-state index in [1.807, 2.05) is 24.3 Å². The van der Waals surface area contributed by atoms with Gasteiger partial charge in [-0.1, -0.05) is 112 Å². The molecule has 0 saturated carbocycles. The molecule has 5 aromatic rings. The van der Waals surface area contributed by atoms with Crippen LogP contribution in [0.4, 0.5) is 11.4 Å². The van der Waals surface area contributed by atoms with E-state index in [4.69, 9.17) is 11.5 Å². The number of benzene rings is 5. The summed E-state index contributed by atoms with van der Waals surface area (Å²) in [7, 11) is 0. The van der Waals surface area contributed by atoms with Gasteiger partial charge in [0.1, 0.15) is 0 Å². The smallest absolute Gasteiger partial charge is 0.0314 e. The molecule has 2 heteroatoms. The summed E-state index contributed by atoms with van der Waals surface area (Å²) < 4.78 is 0. The molecule has 0 saturated heterocycles. The fraction of sp³-hybridized carbons (Fsp3) is 0.250. The number of anilines is 2. The van der Waals surface area contributed by atoms with Crippen molar-refractivity contribution >= 4 is 11.4 Å². The summed E-state index contributed by atoms with van der Waals surface area (Å²) in [5.74, 6) is 0. The summed E-state index contributed by atoms with van der Waals surface area (Å²) in [5, 5.41) is 0. The molecule has 4 N–H and O–H groups in total. The van der Waals surface area contributed by atoms with Gasteiger partial charge in [-0.25, -0.2) is 0 Å². The van der Waals surface area contributed by atoms with Crippen LogP contribution in [0.15, 0.2) is 109 Å². The molecular formula is C40H44N2. The molecule has 0 amide bonds. The summed E-state index contributed by atoms with van der Waals surface area (Å²) >= 11 is 0. The van der Waals surface area contributed by atoms with Gasteiger partial charge in [0, 0.05) is 11.4 Å². The standard InChI is InChI=1S/C40H44N2/c1-3-5-35-27-33(23-29-13-19-39(41)20-14-29)11-17-37(35)25-31-7-9-32(10-8-31)26-38-18-12-34(28-36(38)6-4-2)24-30-15-21-40(42)22-16-30/h7-22,27-28H,3-6,23-26,41-42H2,1-2H3. The van der Waals surface area contributed by atoms with Gasteiger partial charge >= 0.3 is 0 Å². The van der Waals surface area contributed by atoms with Gasteiger partial charge in [0.25, 0.3) is 0 Å². The first-order chi connectivity index (χ1) is 20.5. The van der Waals surface area contributed by atoms with Crippen molar-refractivity contribution in [1.82, 2.24) is 0 Å². The Kier molecular flexibility index (Phi) is 9.77. The van der Waals surface area contributed by atoms with Gasteiger partial charge in [-0.15, -0.1) is 0 Å². The molecule has 0 bridgehead atoms. The third kappa shape index (κ3) is 7.91. The topological polar surface area (TPSA) is 52.0 Å². The number of nitrogens with two attached hydrogens (primary N) is 2. The van der Waals surface area contributed by atoms with Crippen molar-refractivity contribution in [2.75, 3.05) is 11.5 Å². The third-order valence-corrected chi connectivity index (χ3v) is 8.17. The van der Waals surface area contributed by atoms with Crippen molar-refractivity contribution in [3.05, 3.63) is 165 Å². The molecule has 5 aromatic carbocycles. The zero-order valence-electron chi connectivity index (χ0n) is 25.2. The summed E-state index contributed by atoms with van der Waals surface area (Å²) in [4.78, 5) is 0. The van der Waals surface area contributed by atoms with Crippen LogP contribution in [-0.2, 0) is 38.5 Å². The normalized spacial score (nSPS) is 11.1. The van der Waals surface area contributed by atoms with E-state index in [9.17, 15) is 0 Å². The van der Waals surface area contributed by atoms with Gasteiger partial charge in [0.15, 0.2) is 0 Å². The second kappa shape index (κ2) is 14.0. The molecule has 0 unspecified atom stereocenters. The number of hydrogen-bond acceptors (Lipinski definition) is 2. The first-order valence-electron chi connectivity index (χ1n) is 15.5. The zero-order chi connectivity index (χ0) is 29.3. The monoisotopic (exact) mass is 552 g/mol. The number of nitrogen functional groups attached to an aromatic ring is 2. The van der Waals surface area contributed by atoms with E-state index in [1.54, 1.807) is 0 Å². The number of aryl methyl sites for hydroxylation is 2. The van der Waals surface area contributed by atoms with Crippen LogP contribution in [0.2, 0.25) is 0 Å². The van der Waals surface area contributed by atoms with E-state index in [0.717, 1.165) is 62.7 Å². The molecule has 0 fully saturated rings. The van der Waals surface area contributed by atoms with Crippen molar-refractivity contribution in [2.24, 2.45) is 0 Å². The molecule has 0 aliphatic heterocycles. The first kappa shape index (κ1) is 29.2. The Morgan fingerprint density at radius 2 is 0.667 bits per heavy atom. The quantitative estimate of drug-likeness (QED) is 0.152. The van der Waals surface area contributed by atoms with Gasteiger partial charge in [-0.2, -0.15) is 0 Å². The molecule has 0 aliphatic carbocycles. The summed E-state index contributed by atoms with van der Waals surface area (Å²) in [5.41, 5.74) is 27.3. The average Bonchev–Trinajstić information content (AvgIpc) is 2.99. The second-order valence-electron chi connectivity index (χ2n) is 11.7. The highest BCUT2D eigenvalue weighted by molar-refractivity contribution is 5.44. The van der Waals surface area contributed by atoms with E-state index in [1.165, 1.54) is 55.6 Å². The molecule has 0 radical (unpaired) electrons. The Labute approximate surface area is 252 Å². The Morgan fingerprint density at radius 3 is 1.02 bits per heavy atom. The van der Waals surface area contributed by atoms with E-state index in [-0.39, 0.29) is 0 Å². The van der Waals surface area contributed by atoms with Crippen molar-refractivity contribution in [2.45, 2.75) is 65.2 Å². The Balaban J connectivity index is 1.26. The Bertz CT molecular complexity index is 1460. The van der Waals surface area contributed by atoms with Gasteiger partial charge in [0.05, 0.1) is 0 Å². The van der Waals surface area contributed by atoms with E-state index < -0.39 is 0 Å². The van der Waals surface area contributed by atoms with Crippen LogP contribution in [0, 0.1) is 0 Å². The van der Waals surface area contributed by atoms with Gasteiger partial charge in [-0.05, 0) is 118 Å². The molecule has 0 atom stereocenters. The minimum Gasteiger partial charge on any atom is -0.399 e. The minimum atomic E-state index is 0.816. The predicted octanol–water partition coefficient (Wildman–Crippen LogP) is 9.12. The molecule has 2 nitrogen and oxygen atoms in total. The number of rotatable bonds is 12. The maximum Gasteiger partial charge on any atom is 0.0314 e. The SMILES string of the molecule is CCCc1cc(Cc2ccc(N)cc2)ccc1Cc1ccc(Cc2ccc(Cc3ccc(N)cc3)cc2CCC)cc1. The maximum absolute atomic E-state index is 5.87. The number of hydrogen-bond donors (Lipinski definition) is 2. The lowest BCUT2D eigenvalue weighted by Crippen LogP contribution is -2.00. The summed E-state index contributed by atoms with van der Waals surface area (Å²) in [6, 6.07) is 39.9. The lowest BCUT2D eigenvalue weighted by Gasteiger charge is -2.14. The fourth-order valence-electron chi connectivity index (χ4n) is 5.88. The van der Waals surface area contributed by atoms with E-state index in [0.29, 0.717) is 0 Å². The summed E-state index contributed by atoms with van der Waals surface area (Å²) in [6.07, 6.45) is 8.33. The molecule has 0 aromatic heterocycles. The van der Waals surface area contributed by atoms with Crippen molar-refractivity contribution in [1.29, 1.82) is 0 Å². The van der Waals surface area contributed by atoms with Crippen molar-refractivity contribution < 1.29 is 0 Å². The fourth-order valence-corrected chi connectivity index (χ4v) is 5.88. The van der Waals surface area contributed by atoms with E-state index in [2.05, 4.69) is 98.8 Å². The Hall–Kier alpha value is -4.30. The molecule has 5 rings (SSSR count). The molecule has 42 heavy (non-hydrogen) atoms. The van der Waals surface area contributed by atoms with Gasteiger partial charge in [0.2, 0.25) is 0 Å². The van der Waals surface area contributed by atoms with Crippen LogP contribution in [0.1, 0.15) is 82.3 Å². The van der Waals surface area contributed by atoms with Crippen LogP contribution in [0.25, 0.3) is 0 Å². The summed E-state index contributed by atoms with van der Waals surface area (Å²) in [6.45, 7) is 4.53. The Morgan fingerprint density at radius 1 is 0.357 bits per heavy atom. The van der Waals surface area contributed by atoms with Crippen molar-refractivity contribution in [3.8, 4) is 0 Å². The molecular weight excluding hydrogens is 508 g/mol. The zero-order valence-corrected chi connectivity index (χ0v) is 25.2. The lowest BCUT2D eigenvalue weighted by molar-refractivity contribution is 0.898. The lowest BCUT2D eigenvalue weighted by atomic mass is 9.91. The predicted molar refractivity (Wildman–Crippen MR) is 180 cm³/mol. The highest BCUT2D eigenvalue weighted by atomic mass is 14.5. The maximum atomic E-state index is 5.87. The molecule has 0 aliphatic rings. The largest absolute Gasteiger partial charge is 0.399 e. The van der Waals surface area contributed by atoms with Gasteiger partial charge < -0.3 is 11.5 Å². The van der Waals surface area contributed by atoms with Crippen LogP contribution in [0.3, 0.4) is 0 Å². The third-order valence-electron chi connectivity index (χ3n) is 8.17. The van der Waals surface area contributed by atoms with Crippen LogP contribution >= 0.6 is 0 Å². The molecule has 0 spiro atoms. The van der Waals surface area contributed by atoms with E-state index >= 15 is 0 Å². The molecule has 214 valence electrons. The van der Waals surface area contributed by atoms with Crippen LogP contribution in [-0.4, -0.2) is 0 Å². The van der Waals surface area contributed by atoms with Crippen LogP contribution < -0.4 is 11.5 Å².